The monoisotopic (exact) mass is 463 g/mol. The van der Waals surface area contributed by atoms with Crippen molar-refractivity contribution in [2.24, 2.45) is 5.16 Å². The number of aliphatic carboxylic acids is 1. The van der Waals surface area contributed by atoms with Gasteiger partial charge in [0.2, 0.25) is 0 Å². The molecule has 0 aliphatic heterocycles. The molecule has 0 aromatic heterocycles. The van der Waals surface area contributed by atoms with E-state index < -0.39 is 5.97 Å². The van der Waals surface area contributed by atoms with E-state index in [0.29, 0.717) is 42.6 Å². The van der Waals surface area contributed by atoms with Crippen molar-refractivity contribution in [1.82, 2.24) is 0 Å². The van der Waals surface area contributed by atoms with Crippen LogP contribution in [0.1, 0.15) is 30.0 Å². The molecule has 0 aliphatic rings. The summed E-state index contributed by atoms with van der Waals surface area (Å²) >= 11 is 0. The third-order valence-corrected chi connectivity index (χ3v) is 4.96. The van der Waals surface area contributed by atoms with Gasteiger partial charge in [-0.15, -0.1) is 0 Å². The molecule has 34 heavy (non-hydrogen) atoms. The average Bonchev–Trinajstić information content (AvgIpc) is 2.86. The van der Waals surface area contributed by atoms with Crippen LogP contribution in [0, 0.1) is 0 Å². The van der Waals surface area contributed by atoms with E-state index in [4.69, 9.17) is 24.2 Å². The zero-order chi connectivity index (χ0) is 24.2. The number of carboxylic acids is 1. The van der Waals surface area contributed by atoms with Gasteiger partial charge in [-0.25, -0.2) is 0 Å². The van der Waals surface area contributed by atoms with Gasteiger partial charge in [-0.1, -0.05) is 53.7 Å². The molecule has 0 saturated heterocycles. The first-order chi connectivity index (χ1) is 16.6. The van der Waals surface area contributed by atoms with Crippen LogP contribution in [0.2, 0.25) is 0 Å². The summed E-state index contributed by atoms with van der Waals surface area (Å²) in [7, 11) is 1.51. The van der Waals surface area contributed by atoms with E-state index in [9.17, 15) is 4.79 Å². The summed E-state index contributed by atoms with van der Waals surface area (Å²) in [6, 6.07) is 22.9. The fourth-order valence-electron chi connectivity index (χ4n) is 3.27. The van der Waals surface area contributed by atoms with Crippen molar-refractivity contribution in [1.29, 1.82) is 0 Å². The Kier molecular flexibility index (Phi) is 9.34. The Hall–Kier alpha value is -4.00. The Bertz CT molecular complexity index is 1080. The van der Waals surface area contributed by atoms with Crippen LogP contribution >= 0.6 is 0 Å². The number of hydrogen-bond donors (Lipinski definition) is 1. The van der Waals surface area contributed by atoms with Gasteiger partial charge in [0, 0.05) is 18.1 Å². The molecule has 0 heterocycles. The van der Waals surface area contributed by atoms with Crippen LogP contribution in [0.15, 0.2) is 78.0 Å². The molecule has 0 radical (unpaired) electrons. The van der Waals surface area contributed by atoms with Gasteiger partial charge >= 0.3 is 5.97 Å². The largest absolute Gasteiger partial charge is 0.493 e. The van der Waals surface area contributed by atoms with Gasteiger partial charge < -0.3 is 24.2 Å². The number of carboxylic acid groups (broad SMARTS) is 1. The molecule has 3 aromatic carbocycles. The zero-order valence-corrected chi connectivity index (χ0v) is 19.4. The fraction of sp³-hybridized carbons (Fsp3) is 0.259. The molecule has 3 aromatic rings. The van der Waals surface area contributed by atoms with Crippen LogP contribution in [0.5, 0.6) is 17.2 Å². The van der Waals surface area contributed by atoms with Crippen LogP contribution < -0.4 is 14.2 Å². The standard InChI is InChI=1S/C27H29NO6/c1-3-32-26-17-24(15-11-22(26)12-16-27(29)30)33-18-20-9-13-23(14-10-20)34-19-25(28-31-2)21-7-5-4-6-8-21/h4-11,13-15,17H,3,12,16,18-19H2,1-2H3,(H,29,30)/b28-25+. The lowest BCUT2D eigenvalue weighted by atomic mass is 10.1. The first-order valence-electron chi connectivity index (χ1n) is 11.1. The van der Waals surface area contributed by atoms with Crippen LogP contribution in [0.4, 0.5) is 0 Å². The highest BCUT2D eigenvalue weighted by molar-refractivity contribution is 6.01. The molecule has 0 atom stereocenters. The fourth-order valence-corrected chi connectivity index (χ4v) is 3.27. The van der Waals surface area contributed by atoms with Crippen LogP contribution in [-0.4, -0.2) is 37.1 Å². The van der Waals surface area contributed by atoms with Crippen LogP contribution in [0.3, 0.4) is 0 Å². The molecule has 0 bridgehead atoms. The number of aryl methyl sites for hydroxylation is 1. The van der Waals surface area contributed by atoms with Crippen LogP contribution in [0.25, 0.3) is 0 Å². The molecule has 3 rings (SSSR count). The van der Waals surface area contributed by atoms with E-state index in [1.165, 1.54) is 7.11 Å². The summed E-state index contributed by atoms with van der Waals surface area (Å²) in [6.45, 7) is 3.04. The Labute approximate surface area is 199 Å². The summed E-state index contributed by atoms with van der Waals surface area (Å²) in [5.41, 5.74) is 3.47. The molecule has 0 aliphatic carbocycles. The van der Waals surface area contributed by atoms with Gasteiger partial charge in [-0.3, -0.25) is 4.79 Å². The van der Waals surface area contributed by atoms with Crippen molar-refractivity contribution < 1.29 is 28.9 Å². The predicted octanol–water partition coefficient (Wildman–Crippen LogP) is 5.11. The molecule has 7 heteroatoms. The van der Waals surface area contributed by atoms with E-state index >= 15 is 0 Å². The minimum Gasteiger partial charge on any atom is -0.493 e. The summed E-state index contributed by atoms with van der Waals surface area (Å²) in [6.07, 6.45) is 0.465. The molecule has 1 N–H and O–H groups in total. The lowest BCUT2D eigenvalue weighted by molar-refractivity contribution is -0.136. The molecule has 7 nitrogen and oxygen atoms in total. The molecular formula is C27H29NO6. The average molecular weight is 464 g/mol. The number of ether oxygens (including phenoxy) is 3. The van der Waals surface area contributed by atoms with Gasteiger partial charge in [-0.2, -0.15) is 0 Å². The molecule has 0 spiro atoms. The van der Waals surface area contributed by atoms with E-state index in [1.807, 2.05) is 73.7 Å². The summed E-state index contributed by atoms with van der Waals surface area (Å²) in [5.74, 6) is 1.19. The second-order valence-electron chi connectivity index (χ2n) is 7.40. The number of hydrogen-bond acceptors (Lipinski definition) is 6. The third kappa shape index (κ3) is 7.55. The Morgan fingerprint density at radius 1 is 0.912 bits per heavy atom. The van der Waals surface area contributed by atoms with E-state index in [0.717, 1.165) is 16.7 Å². The minimum atomic E-state index is -0.836. The van der Waals surface area contributed by atoms with Gasteiger partial charge in [0.15, 0.2) is 0 Å². The van der Waals surface area contributed by atoms with Crippen molar-refractivity contribution in [3.8, 4) is 17.2 Å². The van der Waals surface area contributed by atoms with Crippen molar-refractivity contribution in [3.63, 3.8) is 0 Å². The molecule has 0 saturated carbocycles. The van der Waals surface area contributed by atoms with E-state index in [-0.39, 0.29) is 13.0 Å². The topological polar surface area (TPSA) is 86.6 Å². The second-order valence-corrected chi connectivity index (χ2v) is 7.40. The Morgan fingerprint density at radius 2 is 1.65 bits per heavy atom. The first-order valence-corrected chi connectivity index (χ1v) is 11.1. The minimum absolute atomic E-state index is 0.0544. The lowest BCUT2D eigenvalue weighted by Gasteiger charge is -2.13. The molecule has 0 amide bonds. The molecule has 0 fully saturated rings. The van der Waals surface area contributed by atoms with Crippen LogP contribution in [-0.2, 0) is 22.7 Å². The van der Waals surface area contributed by atoms with E-state index in [2.05, 4.69) is 5.16 Å². The highest BCUT2D eigenvalue weighted by atomic mass is 16.6. The number of oxime groups is 1. The van der Waals surface area contributed by atoms with Gasteiger partial charge in [0.1, 0.15) is 43.3 Å². The number of rotatable bonds is 13. The number of benzene rings is 3. The van der Waals surface area contributed by atoms with Crippen molar-refractivity contribution >= 4 is 11.7 Å². The van der Waals surface area contributed by atoms with Gasteiger partial charge in [0.25, 0.3) is 0 Å². The Balaban J connectivity index is 1.56. The zero-order valence-electron chi connectivity index (χ0n) is 19.4. The van der Waals surface area contributed by atoms with E-state index in [1.54, 1.807) is 6.07 Å². The van der Waals surface area contributed by atoms with Gasteiger partial charge in [-0.05, 0) is 42.7 Å². The normalized spacial score (nSPS) is 11.1. The maximum atomic E-state index is 10.9. The number of nitrogens with zero attached hydrogens (tertiary/aromatic N) is 1. The summed E-state index contributed by atoms with van der Waals surface area (Å²) in [5, 5.41) is 13.0. The first kappa shape index (κ1) is 24.6. The quantitative estimate of drug-likeness (QED) is 0.280. The second kappa shape index (κ2) is 12.9. The number of carbonyl (C=O) groups is 1. The Morgan fingerprint density at radius 3 is 2.32 bits per heavy atom. The van der Waals surface area contributed by atoms with Crippen molar-refractivity contribution in [3.05, 3.63) is 89.5 Å². The maximum absolute atomic E-state index is 10.9. The smallest absolute Gasteiger partial charge is 0.303 e. The molecule has 178 valence electrons. The predicted molar refractivity (Wildman–Crippen MR) is 130 cm³/mol. The van der Waals surface area contributed by atoms with Gasteiger partial charge in [0.05, 0.1) is 6.61 Å². The lowest BCUT2D eigenvalue weighted by Crippen LogP contribution is -2.13. The highest BCUT2D eigenvalue weighted by Crippen LogP contribution is 2.27. The highest BCUT2D eigenvalue weighted by Gasteiger charge is 2.09. The molecule has 0 unspecified atom stereocenters. The summed E-state index contributed by atoms with van der Waals surface area (Å²) in [4.78, 5) is 15.8. The third-order valence-electron chi connectivity index (χ3n) is 4.96. The SMILES string of the molecule is CCOc1cc(OCc2ccc(OC/C(=N\OC)c3ccccc3)cc2)ccc1CCC(=O)O. The van der Waals surface area contributed by atoms with Crippen molar-refractivity contribution in [2.75, 3.05) is 20.3 Å². The maximum Gasteiger partial charge on any atom is 0.303 e. The summed E-state index contributed by atoms with van der Waals surface area (Å²) < 4.78 is 17.5. The van der Waals surface area contributed by atoms with Crippen molar-refractivity contribution in [2.45, 2.75) is 26.4 Å². The molecular weight excluding hydrogens is 434 g/mol.